The van der Waals surface area contributed by atoms with Gasteiger partial charge in [-0.2, -0.15) is 0 Å². The van der Waals surface area contributed by atoms with Gasteiger partial charge in [0.2, 0.25) is 0 Å². The number of methoxy groups -OCH3 is 1. The highest BCUT2D eigenvalue weighted by atomic mass is 16.6. The highest BCUT2D eigenvalue weighted by Gasteiger charge is 2.17. The Balaban J connectivity index is 2.20. The lowest BCUT2D eigenvalue weighted by molar-refractivity contribution is -0.146. The van der Waals surface area contributed by atoms with E-state index in [0.717, 1.165) is 0 Å². The fraction of sp³-hybridized carbons (Fsp3) is 0.538. The van der Waals surface area contributed by atoms with Crippen molar-refractivity contribution in [3.63, 3.8) is 0 Å². The van der Waals surface area contributed by atoms with Crippen molar-refractivity contribution in [2.75, 3.05) is 33.5 Å². The molecule has 0 bridgehead atoms. The first-order valence-corrected chi connectivity index (χ1v) is 5.90. The van der Waals surface area contributed by atoms with Crippen LogP contribution >= 0.6 is 0 Å². The summed E-state index contributed by atoms with van der Waals surface area (Å²) < 4.78 is 15.1. The van der Waals surface area contributed by atoms with Crippen LogP contribution in [0.5, 0.6) is 0 Å². The van der Waals surface area contributed by atoms with Crippen molar-refractivity contribution < 1.29 is 19.0 Å². The molecule has 0 radical (unpaired) electrons. The molecule has 0 spiro atoms. The third-order valence-electron chi connectivity index (χ3n) is 2.39. The van der Waals surface area contributed by atoms with Crippen molar-refractivity contribution in [3.8, 4) is 0 Å². The van der Waals surface area contributed by atoms with Crippen LogP contribution in [0.4, 0.5) is 0 Å². The molecule has 5 heteroatoms. The molecular formula is C13H19NO4. The first-order chi connectivity index (χ1) is 8.75. The van der Waals surface area contributed by atoms with Crippen molar-refractivity contribution in [1.82, 2.24) is 4.98 Å². The van der Waals surface area contributed by atoms with Crippen LogP contribution in [-0.4, -0.2) is 44.5 Å². The van der Waals surface area contributed by atoms with Crippen LogP contribution in [-0.2, 0) is 19.0 Å². The van der Waals surface area contributed by atoms with Gasteiger partial charge in [0.1, 0.15) is 6.61 Å². The van der Waals surface area contributed by atoms with Gasteiger partial charge in [-0.15, -0.1) is 0 Å². The van der Waals surface area contributed by atoms with E-state index in [0.29, 0.717) is 25.5 Å². The molecule has 18 heavy (non-hydrogen) atoms. The summed E-state index contributed by atoms with van der Waals surface area (Å²) in [5.41, 5.74) is 0.711. The van der Waals surface area contributed by atoms with Gasteiger partial charge in [-0.1, -0.05) is 6.07 Å². The number of pyridine rings is 1. The van der Waals surface area contributed by atoms with Crippen LogP contribution < -0.4 is 0 Å². The molecule has 0 saturated carbocycles. The number of esters is 1. The second-order valence-electron chi connectivity index (χ2n) is 3.75. The maximum absolute atomic E-state index is 11.7. The molecule has 1 rings (SSSR count). The standard InChI is InChI=1S/C13H19NO4/c1-11(12-5-3-4-6-14-12)13(15)18-10-9-17-8-7-16-2/h3-6,11H,7-10H2,1-2H3. The molecular weight excluding hydrogens is 234 g/mol. The number of carbonyl (C=O) groups excluding carboxylic acids is 1. The van der Waals surface area contributed by atoms with Crippen LogP contribution in [0.25, 0.3) is 0 Å². The third kappa shape index (κ3) is 5.25. The van der Waals surface area contributed by atoms with Crippen molar-refractivity contribution in [2.24, 2.45) is 0 Å². The van der Waals surface area contributed by atoms with E-state index in [1.54, 1.807) is 26.3 Å². The smallest absolute Gasteiger partial charge is 0.314 e. The molecule has 0 saturated heterocycles. The summed E-state index contributed by atoms with van der Waals surface area (Å²) in [4.78, 5) is 15.8. The number of carbonyl (C=O) groups is 1. The zero-order valence-corrected chi connectivity index (χ0v) is 10.8. The average molecular weight is 253 g/mol. The van der Waals surface area contributed by atoms with E-state index >= 15 is 0 Å². The lowest BCUT2D eigenvalue weighted by Gasteiger charge is -2.11. The second kappa shape index (κ2) is 8.60. The van der Waals surface area contributed by atoms with Crippen LogP contribution in [0, 0.1) is 0 Å². The fourth-order valence-corrected chi connectivity index (χ4v) is 1.32. The number of nitrogens with zero attached hydrogens (tertiary/aromatic N) is 1. The molecule has 1 aromatic heterocycles. The van der Waals surface area contributed by atoms with Gasteiger partial charge in [-0.05, 0) is 19.1 Å². The molecule has 1 unspecified atom stereocenters. The van der Waals surface area contributed by atoms with Gasteiger partial charge >= 0.3 is 5.97 Å². The molecule has 5 nitrogen and oxygen atoms in total. The predicted molar refractivity (Wildman–Crippen MR) is 66.3 cm³/mol. The van der Waals surface area contributed by atoms with E-state index in [4.69, 9.17) is 14.2 Å². The molecule has 0 aliphatic carbocycles. The van der Waals surface area contributed by atoms with Gasteiger partial charge in [0.15, 0.2) is 0 Å². The molecule has 1 atom stereocenters. The normalized spacial score (nSPS) is 12.1. The zero-order valence-electron chi connectivity index (χ0n) is 10.8. The van der Waals surface area contributed by atoms with Crippen LogP contribution in [0.2, 0.25) is 0 Å². The summed E-state index contributed by atoms with van der Waals surface area (Å²) in [6, 6.07) is 5.46. The Labute approximate surface area is 107 Å². The minimum Gasteiger partial charge on any atom is -0.463 e. The predicted octanol–water partition coefficient (Wildman–Crippen LogP) is 1.39. The van der Waals surface area contributed by atoms with Gasteiger partial charge in [0.05, 0.1) is 31.4 Å². The Bertz CT molecular complexity index is 342. The molecule has 1 heterocycles. The first kappa shape index (κ1) is 14.6. The van der Waals surface area contributed by atoms with Crippen LogP contribution in [0.15, 0.2) is 24.4 Å². The van der Waals surface area contributed by atoms with Gasteiger partial charge < -0.3 is 14.2 Å². The van der Waals surface area contributed by atoms with Crippen molar-refractivity contribution in [2.45, 2.75) is 12.8 Å². The van der Waals surface area contributed by atoms with E-state index in [-0.39, 0.29) is 18.5 Å². The Morgan fingerprint density at radius 2 is 2.06 bits per heavy atom. The largest absolute Gasteiger partial charge is 0.463 e. The number of aromatic nitrogens is 1. The van der Waals surface area contributed by atoms with E-state index in [9.17, 15) is 4.79 Å². The van der Waals surface area contributed by atoms with E-state index in [1.165, 1.54) is 0 Å². The molecule has 0 amide bonds. The van der Waals surface area contributed by atoms with Gasteiger partial charge in [0, 0.05) is 13.3 Å². The number of hydrogen-bond acceptors (Lipinski definition) is 5. The summed E-state index contributed by atoms with van der Waals surface area (Å²) in [6.45, 7) is 3.45. The van der Waals surface area contributed by atoms with Gasteiger partial charge in [-0.25, -0.2) is 0 Å². The monoisotopic (exact) mass is 253 g/mol. The molecule has 0 aliphatic heterocycles. The average Bonchev–Trinajstić information content (AvgIpc) is 2.42. The Hall–Kier alpha value is -1.46. The van der Waals surface area contributed by atoms with Crippen molar-refractivity contribution in [1.29, 1.82) is 0 Å². The maximum atomic E-state index is 11.7. The summed E-state index contributed by atoms with van der Waals surface area (Å²) in [7, 11) is 1.61. The molecule has 0 aromatic carbocycles. The van der Waals surface area contributed by atoms with E-state index in [1.807, 2.05) is 12.1 Å². The minimum atomic E-state index is -0.356. The molecule has 0 N–H and O–H groups in total. The zero-order chi connectivity index (χ0) is 13.2. The minimum absolute atomic E-state index is 0.250. The summed E-state index contributed by atoms with van der Waals surface area (Å²) in [5, 5.41) is 0. The Kier molecular flexibility index (Phi) is 6.98. The van der Waals surface area contributed by atoms with Crippen LogP contribution in [0.3, 0.4) is 0 Å². The quantitative estimate of drug-likeness (QED) is 0.517. The highest BCUT2D eigenvalue weighted by molar-refractivity contribution is 5.76. The van der Waals surface area contributed by atoms with Gasteiger partial charge in [0.25, 0.3) is 0 Å². The Morgan fingerprint density at radius 1 is 1.28 bits per heavy atom. The second-order valence-corrected chi connectivity index (χ2v) is 3.75. The Morgan fingerprint density at radius 3 is 2.72 bits per heavy atom. The molecule has 0 aliphatic rings. The van der Waals surface area contributed by atoms with E-state index in [2.05, 4.69) is 4.98 Å². The number of rotatable bonds is 8. The van der Waals surface area contributed by atoms with E-state index < -0.39 is 0 Å². The van der Waals surface area contributed by atoms with Crippen molar-refractivity contribution >= 4 is 5.97 Å². The molecule has 0 fully saturated rings. The summed E-state index contributed by atoms with van der Waals surface area (Å²) >= 11 is 0. The number of hydrogen-bond donors (Lipinski definition) is 0. The third-order valence-corrected chi connectivity index (χ3v) is 2.39. The maximum Gasteiger partial charge on any atom is 0.314 e. The lowest BCUT2D eigenvalue weighted by Crippen LogP contribution is -2.17. The first-order valence-electron chi connectivity index (χ1n) is 5.90. The highest BCUT2D eigenvalue weighted by Crippen LogP contribution is 2.13. The van der Waals surface area contributed by atoms with Crippen molar-refractivity contribution in [3.05, 3.63) is 30.1 Å². The fourth-order valence-electron chi connectivity index (χ4n) is 1.32. The topological polar surface area (TPSA) is 57.7 Å². The molecule has 100 valence electrons. The lowest BCUT2D eigenvalue weighted by atomic mass is 10.1. The van der Waals surface area contributed by atoms with Crippen LogP contribution in [0.1, 0.15) is 18.5 Å². The SMILES string of the molecule is COCCOCCOC(=O)C(C)c1ccccn1. The summed E-state index contributed by atoms with van der Waals surface area (Å²) in [6.07, 6.45) is 1.66. The summed E-state index contributed by atoms with van der Waals surface area (Å²) in [5.74, 6) is -0.644. The number of ether oxygens (including phenoxy) is 3. The van der Waals surface area contributed by atoms with Gasteiger partial charge in [-0.3, -0.25) is 9.78 Å². The molecule has 1 aromatic rings.